The molecule has 3 N–H and O–H groups in total. The van der Waals surface area contributed by atoms with Gasteiger partial charge in [0.2, 0.25) is 33.4 Å². The van der Waals surface area contributed by atoms with E-state index in [-0.39, 0.29) is 31.4 Å². The van der Waals surface area contributed by atoms with Gasteiger partial charge >= 0.3 is 6.09 Å². The van der Waals surface area contributed by atoms with E-state index in [9.17, 15) is 27.6 Å². The molecule has 1 saturated heterocycles. The third-order valence-corrected chi connectivity index (χ3v) is 13.7. The van der Waals surface area contributed by atoms with Gasteiger partial charge in [-0.3, -0.25) is 19.1 Å². The number of rotatable bonds is 8. The zero-order valence-corrected chi connectivity index (χ0v) is 31.4. The standard InChI is InChI=1S/C37H44N6O9S2/c44-31-28-19-24(51-33-30(29-13-8-18-53-29)40-32-26(38-33)16-17-50-32)21-43(28)34(45)27(39-36(47)52-23-10-6-7-11-23)12-5-3-1-2-4-9-22-20-37(22,41-31)35(46)42-54(48,49)25-14-15-25/h4,8-9,13,16-18,22-25,27-28H,1-3,5-7,10-12,14-15,19-21H2,(H,39,47)(H,41,44)(H,42,46)/b9-4-/t22-,24-,27+,28+,37-/m1/s1. The van der Waals surface area contributed by atoms with Gasteiger partial charge in [-0.05, 0) is 75.7 Å². The van der Waals surface area contributed by atoms with Crippen molar-refractivity contribution < 1.29 is 41.5 Å². The lowest BCUT2D eigenvalue weighted by Crippen LogP contribution is -2.58. The van der Waals surface area contributed by atoms with Crippen molar-refractivity contribution in [3.05, 3.63) is 42.0 Å². The first-order chi connectivity index (χ1) is 26.1. The summed E-state index contributed by atoms with van der Waals surface area (Å²) < 4.78 is 45.6. The number of hydrogen-bond donors (Lipinski definition) is 3. The van der Waals surface area contributed by atoms with E-state index < -0.39 is 68.7 Å². The van der Waals surface area contributed by atoms with Gasteiger partial charge in [0, 0.05) is 18.4 Å². The number of thiophene rings is 1. The van der Waals surface area contributed by atoms with Crippen LogP contribution in [0.15, 0.2) is 46.4 Å². The van der Waals surface area contributed by atoms with Crippen LogP contribution in [0.1, 0.15) is 83.5 Å². The number of nitrogens with one attached hydrogen (secondary N) is 3. The van der Waals surface area contributed by atoms with Crippen molar-refractivity contribution >= 4 is 56.4 Å². The number of allylic oxidation sites excluding steroid dienone is 1. The number of fused-ring (bicyclic) bond motifs is 3. The lowest BCUT2D eigenvalue weighted by atomic mass is 10.0. The molecular weight excluding hydrogens is 737 g/mol. The van der Waals surface area contributed by atoms with Crippen LogP contribution < -0.4 is 20.1 Å². The Morgan fingerprint density at radius 3 is 2.61 bits per heavy atom. The van der Waals surface area contributed by atoms with E-state index in [2.05, 4.69) is 25.3 Å². The fourth-order valence-electron chi connectivity index (χ4n) is 7.77. The molecule has 288 valence electrons. The van der Waals surface area contributed by atoms with Crippen LogP contribution in [0.3, 0.4) is 0 Å². The Kier molecular flexibility index (Phi) is 10.1. The van der Waals surface area contributed by atoms with Crippen molar-refractivity contribution in [3.63, 3.8) is 0 Å². The Bertz CT molecular complexity index is 2040. The first kappa shape index (κ1) is 36.5. The van der Waals surface area contributed by atoms with Gasteiger partial charge in [0.05, 0.1) is 22.9 Å². The molecule has 15 nitrogen and oxygen atoms in total. The number of alkyl carbamates (subject to hydrolysis) is 1. The van der Waals surface area contributed by atoms with Crippen molar-refractivity contribution in [2.45, 2.75) is 119 Å². The molecule has 4 fully saturated rings. The van der Waals surface area contributed by atoms with Crippen LogP contribution >= 0.6 is 11.3 Å². The highest BCUT2D eigenvalue weighted by molar-refractivity contribution is 7.91. The van der Waals surface area contributed by atoms with Crippen LogP contribution in [-0.2, 0) is 29.1 Å². The maximum atomic E-state index is 14.6. The summed E-state index contributed by atoms with van der Waals surface area (Å²) in [6.07, 6.45) is 11.6. The minimum Gasteiger partial charge on any atom is -0.471 e. The molecule has 54 heavy (non-hydrogen) atoms. The lowest BCUT2D eigenvalue weighted by molar-refractivity contribution is -0.141. The van der Waals surface area contributed by atoms with Crippen molar-refractivity contribution in [2.75, 3.05) is 6.54 Å². The summed E-state index contributed by atoms with van der Waals surface area (Å²) in [6, 6.07) is 3.32. The molecule has 5 atom stereocenters. The number of furan rings is 1. The quantitative estimate of drug-likeness (QED) is 0.275. The highest BCUT2D eigenvalue weighted by Gasteiger charge is 2.62. The number of nitrogens with zero attached hydrogens (tertiary/aromatic N) is 3. The maximum Gasteiger partial charge on any atom is 0.408 e. The summed E-state index contributed by atoms with van der Waals surface area (Å²) in [5.74, 6) is -2.11. The Balaban J connectivity index is 1.09. The predicted molar refractivity (Wildman–Crippen MR) is 197 cm³/mol. The van der Waals surface area contributed by atoms with Gasteiger partial charge in [-0.25, -0.2) is 23.2 Å². The van der Waals surface area contributed by atoms with Gasteiger partial charge in [-0.15, -0.1) is 11.3 Å². The highest BCUT2D eigenvalue weighted by atomic mass is 32.2. The van der Waals surface area contributed by atoms with Crippen LogP contribution in [0, 0.1) is 5.92 Å². The van der Waals surface area contributed by atoms with Crippen molar-refractivity contribution in [3.8, 4) is 16.5 Å². The third kappa shape index (κ3) is 7.70. The molecule has 5 aliphatic rings. The van der Waals surface area contributed by atoms with E-state index in [0.29, 0.717) is 49.0 Å². The summed E-state index contributed by atoms with van der Waals surface area (Å²) >= 11 is 1.44. The summed E-state index contributed by atoms with van der Waals surface area (Å²) in [5.41, 5.74) is -0.255. The minimum atomic E-state index is -3.89. The zero-order valence-electron chi connectivity index (χ0n) is 29.7. The van der Waals surface area contributed by atoms with Gasteiger partial charge < -0.3 is 29.4 Å². The Morgan fingerprint density at radius 2 is 1.83 bits per heavy atom. The van der Waals surface area contributed by atoms with Gasteiger partial charge in [0.15, 0.2) is 0 Å². The van der Waals surface area contributed by atoms with Gasteiger partial charge in [-0.1, -0.05) is 31.1 Å². The molecule has 3 aliphatic carbocycles. The van der Waals surface area contributed by atoms with Crippen LogP contribution in [0.5, 0.6) is 5.88 Å². The van der Waals surface area contributed by atoms with Crippen molar-refractivity contribution in [1.82, 2.24) is 30.2 Å². The monoisotopic (exact) mass is 780 g/mol. The SMILES string of the molecule is O=C(N[C@H]1CCCCC/C=C\[C@@H]2C[C@@]2(C(=O)NS(=O)(=O)C2CC2)NC(=O)[C@@H]2C[C@@H](Oc3nc4ccoc4nc3-c3cccs3)CN2C1=O)OC1CCCC1. The van der Waals surface area contributed by atoms with Crippen molar-refractivity contribution in [1.29, 1.82) is 0 Å². The minimum absolute atomic E-state index is 0.0274. The summed E-state index contributed by atoms with van der Waals surface area (Å²) in [4.78, 5) is 67.4. The molecule has 3 saturated carbocycles. The Hall–Kier alpha value is -4.51. The predicted octanol–water partition coefficient (Wildman–Crippen LogP) is 4.34. The van der Waals surface area contributed by atoms with Gasteiger partial charge in [-0.2, -0.15) is 0 Å². The number of aromatic nitrogens is 2. The molecule has 17 heteroatoms. The topological polar surface area (TPSA) is 199 Å². The molecule has 0 unspecified atom stereocenters. The Morgan fingerprint density at radius 1 is 1.02 bits per heavy atom. The van der Waals surface area contributed by atoms with Crippen LogP contribution in [0.4, 0.5) is 4.79 Å². The molecule has 3 aromatic rings. The highest BCUT2D eigenvalue weighted by Crippen LogP contribution is 2.46. The largest absolute Gasteiger partial charge is 0.471 e. The lowest BCUT2D eigenvalue weighted by Gasteiger charge is -2.30. The second-order valence-corrected chi connectivity index (χ2v) is 17.9. The van der Waals surface area contributed by atoms with E-state index in [4.69, 9.17) is 13.9 Å². The average molecular weight is 781 g/mol. The fraction of sp³-hybridized carbons (Fsp3) is 0.568. The van der Waals surface area contributed by atoms with E-state index in [1.165, 1.54) is 22.5 Å². The fourth-order valence-corrected chi connectivity index (χ4v) is 9.84. The molecule has 4 amide bonds. The van der Waals surface area contributed by atoms with Gasteiger partial charge in [0.1, 0.15) is 41.0 Å². The van der Waals surface area contributed by atoms with Crippen LogP contribution in [0.2, 0.25) is 0 Å². The summed E-state index contributed by atoms with van der Waals surface area (Å²) in [5, 5.41) is 6.97. The van der Waals surface area contributed by atoms with Crippen LogP contribution in [-0.4, -0.2) is 88.7 Å². The molecule has 0 aromatic carbocycles. The summed E-state index contributed by atoms with van der Waals surface area (Å²) in [7, 11) is -3.89. The van der Waals surface area contributed by atoms with Crippen molar-refractivity contribution in [2.24, 2.45) is 5.92 Å². The molecule has 0 bridgehead atoms. The van der Waals surface area contributed by atoms with E-state index >= 15 is 0 Å². The Labute approximate surface area is 316 Å². The van der Waals surface area contributed by atoms with E-state index in [1.807, 2.05) is 29.7 Å². The number of hydrogen-bond acceptors (Lipinski definition) is 12. The molecule has 2 aliphatic heterocycles. The second-order valence-electron chi connectivity index (χ2n) is 15.0. The zero-order chi connectivity index (χ0) is 37.5. The van der Waals surface area contributed by atoms with E-state index in [0.717, 1.165) is 43.4 Å². The number of sulfonamides is 1. The summed E-state index contributed by atoms with van der Waals surface area (Å²) in [6.45, 7) is -0.0274. The van der Waals surface area contributed by atoms with Gasteiger partial charge in [0.25, 0.3) is 5.91 Å². The smallest absolute Gasteiger partial charge is 0.408 e. The normalized spacial score (nSPS) is 28.6. The molecule has 3 aromatic heterocycles. The number of ether oxygens (including phenoxy) is 2. The molecular formula is C37H44N6O9S2. The molecule has 5 heterocycles. The molecule has 0 spiro atoms. The first-order valence-electron chi connectivity index (χ1n) is 18.9. The second kappa shape index (κ2) is 15.0. The number of amides is 4. The third-order valence-electron chi connectivity index (χ3n) is 11.0. The number of carbonyl (C=O) groups excluding carboxylic acids is 4. The molecule has 0 radical (unpaired) electrons. The average Bonchev–Trinajstić information content (AvgIpc) is 3.71. The maximum absolute atomic E-state index is 14.6. The van der Waals surface area contributed by atoms with E-state index in [1.54, 1.807) is 6.07 Å². The first-order valence-corrected chi connectivity index (χ1v) is 21.3. The number of carbonyl (C=O) groups is 4. The van der Waals surface area contributed by atoms with Crippen LogP contribution in [0.25, 0.3) is 21.8 Å². The molecule has 8 rings (SSSR count).